The van der Waals surface area contributed by atoms with E-state index in [-0.39, 0.29) is 299 Å². The molecule has 1 aromatic carbocycles. The van der Waals surface area contributed by atoms with Gasteiger partial charge in [-0.1, -0.05) is 10.4 Å². The average Bonchev–Trinajstić information content (AvgIpc) is 1.55. The van der Waals surface area contributed by atoms with Crippen LogP contribution in [0.3, 0.4) is 0 Å². The lowest BCUT2D eigenvalue weighted by Crippen LogP contribution is -2.62. The van der Waals surface area contributed by atoms with E-state index in [0.717, 1.165) is 0 Å². The number of nitrogens with one attached hydrogen (secondary N) is 4. The maximum absolute atomic E-state index is 13.9. The zero-order valence-corrected chi connectivity index (χ0v) is 75.1. The highest BCUT2D eigenvalue weighted by Crippen LogP contribution is 2.54. The minimum absolute atomic E-state index is 0.0319. The van der Waals surface area contributed by atoms with E-state index in [0.29, 0.717) is 11.4 Å². The van der Waals surface area contributed by atoms with E-state index >= 15 is 0 Å². The number of aliphatic carboxylic acids is 6. The van der Waals surface area contributed by atoms with Gasteiger partial charge >= 0.3 is 35.8 Å². The lowest BCUT2D eigenvalue weighted by Gasteiger charge is -2.45. The summed E-state index contributed by atoms with van der Waals surface area (Å²) in [6.07, 6.45) is 3.21. The van der Waals surface area contributed by atoms with Crippen LogP contribution in [0.5, 0.6) is 34.5 Å². The van der Waals surface area contributed by atoms with Crippen molar-refractivity contribution in [2.75, 3.05) is 213 Å². The number of amides is 2. The first-order chi connectivity index (χ1) is 62.9. The molecule has 52 nitrogen and oxygen atoms in total. The quantitative estimate of drug-likeness (QED) is 0.0216. The first kappa shape index (κ1) is 97.2. The van der Waals surface area contributed by atoms with Gasteiger partial charge in [0.25, 0.3) is 34.7 Å². The molecule has 2 fully saturated rings. The molecule has 7 aliphatic rings. The van der Waals surface area contributed by atoms with Gasteiger partial charge in [-0.15, -0.1) is 10.2 Å². The summed E-state index contributed by atoms with van der Waals surface area (Å²) in [7, 11) is 8.40. The van der Waals surface area contributed by atoms with E-state index in [1.54, 1.807) is 105 Å². The van der Waals surface area contributed by atoms with Gasteiger partial charge in [-0.05, 0) is 12.1 Å². The SMILES string of the molecule is CO[C@]1(C)OC2=C(O[C@@]1(C)OC)c1nc2nc2nc(nc3[nH]c(nc4[nH]c(n1)c1c4O[C@@](C)(OC)[C@](C)(OC)O1)c1c3O[C@@](C)(OC)[C@](C)(OC)O1)-c1c(OCCn3cc(CNC(=O)CN4CCN(CC(=O)O)CCN(CC(=O)O)CCN(CC(=O)O)CC4)nn3)ccc(OCCn3cc(CNC(=O)CN4CCN(CC(=O)O)CCN(CC(=O)O)CCN(CC(=O)O)CC4)nn3)c1-2. The number of carboxylic acid groups (broad SMARTS) is 6. The molecule has 0 saturated carbocycles. The van der Waals surface area contributed by atoms with Crippen LogP contribution < -0.4 is 39.1 Å². The fourth-order valence-electron chi connectivity index (χ4n) is 15.5. The minimum Gasteiger partial charge on any atom is -0.491 e. The Morgan fingerprint density at radius 2 is 0.591 bits per heavy atom. The van der Waals surface area contributed by atoms with Gasteiger partial charge in [0.2, 0.25) is 58.0 Å². The third kappa shape index (κ3) is 22.4. The van der Waals surface area contributed by atoms with Gasteiger partial charge in [-0.3, -0.25) is 77.6 Å². The number of rotatable bonds is 34. The fraction of sp³-hybridized carbons (Fsp3) is 0.600. The van der Waals surface area contributed by atoms with Crippen LogP contribution in [0.15, 0.2) is 24.5 Å². The van der Waals surface area contributed by atoms with E-state index in [2.05, 4.69) is 41.2 Å². The van der Waals surface area contributed by atoms with Crippen LogP contribution >= 0.6 is 0 Å². The molecule has 6 aromatic rings. The predicted molar refractivity (Wildman–Crippen MR) is 453 cm³/mol. The first-order valence-electron chi connectivity index (χ1n) is 42.2. The zero-order chi connectivity index (χ0) is 94.8. The molecule has 5 aromatic heterocycles. The first-order valence-corrected chi connectivity index (χ1v) is 42.2. The number of aromatic nitrogens is 14. The minimum atomic E-state index is -1.74. The van der Waals surface area contributed by atoms with Crippen LogP contribution in [0.1, 0.15) is 64.6 Å². The Bertz CT molecular complexity index is 5400. The normalized spacial score (nSPS) is 23.5. The Morgan fingerprint density at radius 3 is 0.879 bits per heavy atom. The number of H-pyrrole nitrogens is 2. The molecule has 0 unspecified atom stereocenters. The molecule has 10 N–H and O–H groups in total. The lowest BCUT2D eigenvalue weighted by molar-refractivity contribution is -0.359. The number of aromatic amines is 2. The highest BCUT2D eigenvalue weighted by molar-refractivity contribution is 5.93. The fourth-order valence-corrected chi connectivity index (χ4v) is 15.5. The molecular weight excluding hydrogens is 1750 g/mol. The van der Waals surface area contributed by atoms with Crippen LogP contribution in [-0.2, 0) is 102 Å². The summed E-state index contributed by atoms with van der Waals surface area (Å²) in [6, 6.07) is 3.24. The maximum atomic E-state index is 13.9. The molecule has 13 rings (SSSR count). The van der Waals surface area contributed by atoms with Crippen LogP contribution in [0.4, 0.5) is 0 Å². The Hall–Kier alpha value is -12.3. The van der Waals surface area contributed by atoms with Crippen molar-refractivity contribution in [1.82, 2.24) is 120 Å². The number of methoxy groups -OCH3 is 6. The van der Waals surface area contributed by atoms with Gasteiger partial charge in [0.1, 0.15) is 36.1 Å². The van der Waals surface area contributed by atoms with Crippen molar-refractivity contribution in [2.45, 2.75) is 102 Å². The topological polar surface area (TPSA) is 607 Å². The molecule has 132 heavy (non-hydrogen) atoms. The van der Waals surface area contributed by atoms with Gasteiger partial charge in [0.15, 0.2) is 34.2 Å². The van der Waals surface area contributed by atoms with Crippen molar-refractivity contribution < 1.29 is 135 Å². The summed E-state index contributed by atoms with van der Waals surface area (Å²) in [4.78, 5) is 150. The molecule has 718 valence electrons. The zero-order valence-electron chi connectivity index (χ0n) is 75.1. The molecule has 2 saturated heterocycles. The van der Waals surface area contributed by atoms with Gasteiger partial charge in [0, 0.05) is 189 Å². The standard InChI is InChI=1S/C80H110N24O28/c1-75(119-7)77(3,121-9)129-63-61(127-75)69-84-67-59-49(125-33-31-103-37-47(91-93-103)35-81-51(105)39-95-15-19-97(41-53(107)108)23-27-101(45-57(115)116)28-24-98(20-16-95)42-54(109)110)13-14-50(126-34-32-104-38-48(92-94-104)36-82-52(106)40-96-17-21-99(43-55(111)112)25-29-102(46-58(117)118)30-26-100(22-18-96)44-56(113)114)60(59)68(83-67)85-70-62-64(130-78(4,122-10)76(2,120-8)128-62)72(87-70)89-74-66-65(73(90-74)88-71(63)86-69)131-79(5,123-11)80(6,124-12)132-66/h13-14,37-38H,15-36,39-46H2,1-12H3,(H,81,105)(H,82,106)(H,107,108)(H,109,110)(H,111,112)(H,113,114)(H,115,116)(H,117,118)(H2,83,84,85,86,87,88,89,90)/t75-,76-,77-,78-,79-,80-/m1/s1. The summed E-state index contributed by atoms with van der Waals surface area (Å²) in [5, 5.41) is 81.5. The molecule has 12 heterocycles. The van der Waals surface area contributed by atoms with E-state index in [1.165, 1.54) is 52.0 Å². The number of hydrogen-bond acceptors (Lipinski definition) is 40. The molecule has 8 bridgehead atoms. The van der Waals surface area contributed by atoms with Crippen LogP contribution in [0.2, 0.25) is 0 Å². The van der Waals surface area contributed by atoms with Crippen molar-refractivity contribution in [3.8, 4) is 57.3 Å². The number of carbonyl (C=O) groups is 8. The molecule has 2 amide bonds. The van der Waals surface area contributed by atoms with E-state index in [4.69, 9.17) is 96.2 Å². The lowest BCUT2D eigenvalue weighted by atomic mass is 10.1. The predicted octanol–water partition coefficient (Wildman–Crippen LogP) is -1.66. The number of ether oxygens (including phenoxy) is 14. The van der Waals surface area contributed by atoms with E-state index < -0.39 is 82.4 Å². The summed E-state index contributed by atoms with van der Waals surface area (Å²) >= 11 is 0. The smallest absolute Gasteiger partial charge is 0.317 e. The molecular formula is C80H110N24O28. The van der Waals surface area contributed by atoms with Crippen molar-refractivity contribution in [3.63, 3.8) is 0 Å². The van der Waals surface area contributed by atoms with Crippen molar-refractivity contribution in [2.24, 2.45) is 0 Å². The summed E-state index contributed by atoms with van der Waals surface area (Å²) in [5.41, 5.74) is 0.832. The molecule has 52 heteroatoms. The third-order valence-corrected chi connectivity index (χ3v) is 23.8. The summed E-state index contributed by atoms with van der Waals surface area (Å²) < 4.78 is 93.3. The summed E-state index contributed by atoms with van der Waals surface area (Å²) in [5.74, 6) is -18.3. The van der Waals surface area contributed by atoms with E-state index in [9.17, 15) is 69.0 Å². The van der Waals surface area contributed by atoms with E-state index in [1.807, 2.05) is 0 Å². The number of hydrogen-bond donors (Lipinski definition) is 10. The van der Waals surface area contributed by atoms with Gasteiger partial charge < -0.3 is 118 Å². The van der Waals surface area contributed by atoms with Crippen molar-refractivity contribution in [1.29, 1.82) is 0 Å². The number of benzene rings is 1. The second kappa shape index (κ2) is 41.2. The second-order valence-corrected chi connectivity index (χ2v) is 32.7. The Kier molecular flexibility index (Phi) is 30.4. The Balaban J connectivity index is 0.836. The number of carbonyl (C=O) groups excluding carboxylic acids is 2. The van der Waals surface area contributed by atoms with Gasteiger partial charge in [-0.2, -0.15) is 0 Å². The average molecular weight is 1860 g/mol. The molecule has 6 atom stereocenters. The van der Waals surface area contributed by atoms with Crippen LogP contribution in [0, 0.1) is 0 Å². The van der Waals surface area contributed by atoms with Crippen molar-refractivity contribution in [3.05, 3.63) is 47.6 Å². The van der Waals surface area contributed by atoms with Crippen LogP contribution in [-0.4, -0.2) is 435 Å². The highest BCUT2D eigenvalue weighted by Gasteiger charge is 2.60. The van der Waals surface area contributed by atoms with Gasteiger partial charge in [-0.25, -0.2) is 39.3 Å². The molecule has 0 radical (unpaired) electrons. The molecule has 0 spiro atoms. The Labute approximate surface area is 754 Å². The largest absolute Gasteiger partial charge is 0.491 e. The highest BCUT2D eigenvalue weighted by atomic mass is 16.8. The number of carboxylic acids is 6. The van der Waals surface area contributed by atoms with Crippen LogP contribution in [0.25, 0.3) is 56.9 Å². The number of fused-ring (bicyclic) bond motifs is 19. The Morgan fingerprint density at radius 1 is 0.348 bits per heavy atom. The molecule has 7 aliphatic heterocycles. The van der Waals surface area contributed by atoms with Crippen molar-refractivity contribution >= 4 is 81.7 Å². The third-order valence-electron chi connectivity index (χ3n) is 23.8. The second-order valence-electron chi connectivity index (χ2n) is 32.7. The number of nitrogens with zero attached hydrogens (tertiary/aromatic N) is 20. The monoisotopic (exact) mass is 1850 g/mol. The summed E-state index contributed by atoms with van der Waals surface area (Å²) in [6.45, 7) is 10.1. The molecule has 0 aliphatic carbocycles. The van der Waals surface area contributed by atoms with Gasteiger partial charge in [0.05, 0.1) is 102 Å². The maximum Gasteiger partial charge on any atom is 0.317 e.